The van der Waals surface area contributed by atoms with Gasteiger partial charge >= 0.3 is 0 Å². The minimum atomic E-state index is 0.488. The van der Waals surface area contributed by atoms with Gasteiger partial charge in [0.1, 0.15) is 0 Å². The number of rotatable bonds is 6. The lowest BCUT2D eigenvalue weighted by Gasteiger charge is -2.12. The number of halogens is 1. The van der Waals surface area contributed by atoms with Crippen LogP contribution in [0, 0.1) is 0 Å². The minimum Gasteiger partial charge on any atom is -0.502 e. The first-order valence-corrected chi connectivity index (χ1v) is 6.74. The summed E-state index contributed by atoms with van der Waals surface area (Å²) in [5, 5.41) is 3.54. The molecule has 1 aliphatic carbocycles. The van der Waals surface area contributed by atoms with E-state index in [0.717, 1.165) is 30.3 Å². The number of hydrogen-bond donors (Lipinski definition) is 1. The average Bonchev–Trinajstić information content (AvgIpc) is 2.78. The molecule has 1 aromatic rings. The molecule has 1 unspecified atom stereocenters. The normalized spacial score (nSPS) is 18.4. The van der Waals surface area contributed by atoms with E-state index in [1.54, 1.807) is 11.3 Å². The van der Waals surface area contributed by atoms with E-state index >= 15 is 0 Å². The van der Waals surface area contributed by atoms with E-state index < -0.39 is 0 Å². The fraction of sp³-hybridized carbons (Fsp3) is 0.500. The van der Waals surface area contributed by atoms with Crippen molar-refractivity contribution in [3.05, 3.63) is 33.7 Å². The molecule has 16 heavy (non-hydrogen) atoms. The van der Waals surface area contributed by atoms with Crippen LogP contribution in [0.3, 0.4) is 0 Å². The van der Waals surface area contributed by atoms with Crippen LogP contribution in [0.5, 0.6) is 0 Å². The molecule has 0 amide bonds. The lowest BCUT2D eigenvalue weighted by molar-refractivity contribution is 0.243. The Morgan fingerprint density at radius 3 is 3.38 bits per heavy atom. The first-order chi connectivity index (χ1) is 7.81. The summed E-state index contributed by atoms with van der Waals surface area (Å²) in [4.78, 5) is 1.45. The van der Waals surface area contributed by atoms with Gasteiger partial charge < -0.3 is 10.1 Å². The SMILES string of the molecule is C=COCCCNC1CCc2sc(Cl)cc21. The molecule has 0 aliphatic heterocycles. The summed E-state index contributed by atoms with van der Waals surface area (Å²) in [5.74, 6) is 0. The van der Waals surface area contributed by atoms with Crippen molar-refractivity contribution in [2.75, 3.05) is 13.2 Å². The molecule has 0 radical (unpaired) electrons. The molecule has 0 aromatic carbocycles. The molecule has 1 heterocycles. The Hall–Kier alpha value is -0.510. The highest BCUT2D eigenvalue weighted by atomic mass is 35.5. The Morgan fingerprint density at radius 2 is 2.56 bits per heavy atom. The predicted molar refractivity (Wildman–Crippen MR) is 69.2 cm³/mol. The Morgan fingerprint density at radius 1 is 1.69 bits per heavy atom. The van der Waals surface area contributed by atoms with Crippen LogP contribution in [0.25, 0.3) is 0 Å². The Bertz CT molecular complexity index is 364. The molecular weight excluding hydrogens is 242 g/mol. The van der Waals surface area contributed by atoms with E-state index in [2.05, 4.69) is 18.0 Å². The Balaban J connectivity index is 1.77. The van der Waals surface area contributed by atoms with Crippen LogP contribution in [0.2, 0.25) is 4.34 Å². The maximum Gasteiger partial charge on any atom is 0.0934 e. The topological polar surface area (TPSA) is 21.3 Å². The van der Waals surface area contributed by atoms with Gasteiger partial charge in [0.05, 0.1) is 17.2 Å². The molecule has 2 rings (SSSR count). The van der Waals surface area contributed by atoms with Gasteiger partial charge in [-0.25, -0.2) is 0 Å². The highest BCUT2D eigenvalue weighted by Gasteiger charge is 2.24. The standard InChI is InChI=1S/C12H16ClNOS/c1-2-15-7-3-6-14-10-4-5-11-9(10)8-12(13)16-11/h2,8,10,14H,1,3-7H2. The van der Waals surface area contributed by atoms with E-state index in [1.165, 1.54) is 23.1 Å². The summed E-state index contributed by atoms with van der Waals surface area (Å²) in [5.41, 5.74) is 1.40. The molecule has 1 N–H and O–H groups in total. The third kappa shape index (κ3) is 2.78. The van der Waals surface area contributed by atoms with Gasteiger partial charge in [-0.1, -0.05) is 18.2 Å². The smallest absolute Gasteiger partial charge is 0.0934 e. The summed E-state index contributed by atoms with van der Waals surface area (Å²) in [7, 11) is 0. The summed E-state index contributed by atoms with van der Waals surface area (Å²) >= 11 is 7.72. The molecule has 1 aliphatic rings. The van der Waals surface area contributed by atoms with Crippen molar-refractivity contribution in [2.45, 2.75) is 25.3 Å². The summed E-state index contributed by atoms with van der Waals surface area (Å²) in [6.45, 7) is 5.23. The molecule has 88 valence electrons. The molecule has 1 aromatic heterocycles. The van der Waals surface area contributed by atoms with Crippen molar-refractivity contribution in [2.24, 2.45) is 0 Å². The van der Waals surface area contributed by atoms with Gasteiger partial charge in [-0.05, 0) is 37.4 Å². The monoisotopic (exact) mass is 257 g/mol. The summed E-state index contributed by atoms with van der Waals surface area (Å²) in [6.07, 6.45) is 4.86. The van der Waals surface area contributed by atoms with Crippen LogP contribution in [0.15, 0.2) is 18.9 Å². The van der Waals surface area contributed by atoms with Crippen LogP contribution < -0.4 is 5.32 Å². The first kappa shape index (κ1) is 12.0. The fourth-order valence-electron chi connectivity index (χ4n) is 2.06. The van der Waals surface area contributed by atoms with Gasteiger partial charge in [-0.15, -0.1) is 11.3 Å². The van der Waals surface area contributed by atoms with Crippen LogP contribution in [0.1, 0.15) is 29.3 Å². The van der Waals surface area contributed by atoms with Crippen molar-refractivity contribution in [3.63, 3.8) is 0 Å². The highest BCUT2D eigenvalue weighted by molar-refractivity contribution is 7.16. The van der Waals surface area contributed by atoms with Crippen molar-refractivity contribution < 1.29 is 4.74 Å². The zero-order chi connectivity index (χ0) is 11.4. The number of thiophene rings is 1. The minimum absolute atomic E-state index is 0.488. The van der Waals surface area contributed by atoms with Crippen molar-refractivity contribution in [3.8, 4) is 0 Å². The average molecular weight is 258 g/mol. The third-order valence-corrected chi connectivity index (χ3v) is 4.13. The van der Waals surface area contributed by atoms with Crippen LogP contribution in [-0.4, -0.2) is 13.2 Å². The van der Waals surface area contributed by atoms with Gasteiger partial charge in [0.2, 0.25) is 0 Å². The molecule has 0 bridgehead atoms. The molecule has 1 atom stereocenters. The number of aryl methyl sites for hydroxylation is 1. The summed E-state index contributed by atoms with van der Waals surface area (Å²) < 4.78 is 5.99. The fourth-order valence-corrected chi connectivity index (χ4v) is 3.41. The Labute approximate surface area is 105 Å². The summed E-state index contributed by atoms with van der Waals surface area (Å²) in [6, 6.07) is 2.59. The van der Waals surface area contributed by atoms with Crippen LogP contribution in [-0.2, 0) is 11.2 Å². The van der Waals surface area contributed by atoms with Crippen molar-refractivity contribution in [1.82, 2.24) is 5.32 Å². The van der Waals surface area contributed by atoms with E-state index in [1.807, 2.05) is 0 Å². The van der Waals surface area contributed by atoms with Gasteiger partial charge in [0.25, 0.3) is 0 Å². The van der Waals surface area contributed by atoms with Crippen molar-refractivity contribution >= 4 is 22.9 Å². The Kier molecular flexibility index (Phi) is 4.27. The van der Waals surface area contributed by atoms with Gasteiger partial charge in [0, 0.05) is 10.9 Å². The number of ether oxygens (including phenoxy) is 1. The lowest BCUT2D eigenvalue weighted by atomic mass is 10.2. The second-order valence-electron chi connectivity index (χ2n) is 3.87. The lowest BCUT2D eigenvalue weighted by Crippen LogP contribution is -2.21. The third-order valence-electron chi connectivity index (χ3n) is 2.79. The maximum atomic E-state index is 6.01. The number of fused-ring (bicyclic) bond motifs is 1. The second-order valence-corrected chi connectivity index (χ2v) is 5.63. The van der Waals surface area contributed by atoms with E-state index in [9.17, 15) is 0 Å². The van der Waals surface area contributed by atoms with Crippen LogP contribution >= 0.6 is 22.9 Å². The molecule has 0 saturated heterocycles. The highest BCUT2D eigenvalue weighted by Crippen LogP contribution is 2.39. The molecule has 2 nitrogen and oxygen atoms in total. The maximum absolute atomic E-state index is 6.01. The zero-order valence-corrected chi connectivity index (χ0v) is 10.7. The quantitative estimate of drug-likeness (QED) is 0.622. The molecule has 0 saturated carbocycles. The van der Waals surface area contributed by atoms with Crippen LogP contribution in [0.4, 0.5) is 0 Å². The molecule has 0 fully saturated rings. The number of nitrogens with one attached hydrogen (secondary N) is 1. The molecule has 0 spiro atoms. The van der Waals surface area contributed by atoms with E-state index in [0.29, 0.717) is 6.04 Å². The van der Waals surface area contributed by atoms with Gasteiger partial charge in [0.15, 0.2) is 0 Å². The zero-order valence-electron chi connectivity index (χ0n) is 9.17. The van der Waals surface area contributed by atoms with Gasteiger partial charge in [-0.2, -0.15) is 0 Å². The second kappa shape index (κ2) is 5.71. The van der Waals surface area contributed by atoms with Gasteiger partial charge in [-0.3, -0.25) is 0 Å². The molecular formula is C12H16ClNOS. The first-order valence-electron chi connectivity index (χ1n) is 5.55. The predicted octanol–water partition coefficient (Wildman–Crippen LogP) is 3.53. The van der Waals surface area contributed by atoms with E-state index in [-0.39, 0.29) is 0 Å². The largest absolute Gasteiger partial charge is 0.502 e. The number of hydrogen-bond acceptors (Lipinski definition) is 3. The van der Waals surface area contributed by atoms with Crippen molar-refractivity contribution in [1.29, 1.82) is 0 Å². The van der Waals surface area contributed by atoms with E-state index in [4.69, 9.17) is 16.3 Å². The molecule has 4 heteroatoms.